The molecule has 0 aliphatic rings. The molecule has 2 N–H and O–H groups in total. The third kappa shape index (κ3) is 7.00. The number of hydrogen-bond acceptors (Lipinski definition) is 5. The number of unbranched alkanes of at least 4 members (excludes halogenated alkanes) is 1. The molecule has 6 heteroatoms. The third-order valence-corrected chi connectivity index (χ3v) is 3.70. The quantitative estimate of drug-likeness (QED) is 0.481. The molecule has 134 valence electrons. The lowest BCUT2D eigenvalue weighted by Gasteiger charge is -2.11. The van der Waals surface area contributed by atoms with Crippen molar-refractivity contribution in [1.29, 1.82) is 0 Å². The van der Waals surface area contributed by atoms with Crippen LogP contribution in [0.25, 0.3) is 0 Å². The molecule has 0 fully saturated rings. The molecule has 0 aliphatic carbocycles. The van der Waals surface area contributed by atoms with Gasteiger partial charge in [0.2, 0.25) is 0 Å². The summed E-state index contributed by atoms with van der Waals surface area (Å²) in [4.78, 5) is 11.8. The first-order chi connectivity index (χ1) is 11.6. The van der Waals surface area contributed by atoms with Crippen molar-refractivity contribution in [2.75, 3.05) is 13.7 Å². The van der Waals surface area contributed by atoms with Crippen molar-refractivity contribution in [3.05, 3.63) is 23.8 Å². The topological polar surface area (TPSA) is 80.2 Å². The van der Waals surface area contributed by atoms with E-state index in [1.165, 1.54) is 7.11 Å². The number of amides is 1. The van der Waals surface area contributed by atoms with E-state index in [0.717, 1.165) is 25.7 Å². The summed E-state index contributed by atoms with van der Waals surface area (Å²) >= 11 is 0. The van der Waals surface area contributed by atoms with Crippen LogP contribution in [0.3, 0.4) is 0 Å². The van der Waals surface area contributed by atoms with Gasteiger partial charge in [-0.1, -0.05) is 32.8 Å². The highest BCUT2D eigenvalue weighted by molar-refractivity contribution is 5.78. The number of nitrogens with zero attached hydrogens (tertiary/aromatic N) is 1. The average Bonchev–Trinajstić information content (AvgIpc) is 2.62. The number of benzene rings is 1. The van der Waals surface area contributed by atoms with Gasteiger partial charge in [-0.2, -0.15) is 5.10 Å². The largest absolute Gasteiger partial charge is 0.493 e. The molecular weight excluding hydrogens is 308 g/mol. The second kappa shape index (κ2) is 11.5. The first kappa shape index (κ1) is 20.0. The summed E-state index contributed by atoms with van der Waals surface area (Å²) in [6, 6.07) is 5.05. The number of hydrogen-bond donors (Lipinski definition) is 2. The van der Waals surface area contributed by atoms with E-state index in [0.29, 0.717) is 23.0 Å². The van der Waals surface area contributed by atoms with Gasteiger partial charge in [-0.05, 0) is 36.5 Å². The van der Waals surface area contributed by atoms with Crippen molar-refractivity contribution >= 4 is 12.1 Å². The summed E-state index contributed by atoms with van der Waals surface area (Å²) in [6.07, 6.45) is 6.19. The van der Waals surface area contributed by atoms with E-state index >= 15 is 0 Å². The molecule has 0 heterocycles. The second-order valence-electron chi connectivity index (χ2n) is 5.56. The molecule has 1 rings (SSSR count). The van der Waals surface area contributed by atoms with Crippen LogP contribution in [0.15, 0.2) is 23.3 Å². The zero-order chi connectivity index (χ0) is 17.8. The maximum absolute atomic E-state index is 11.8. The standard InChI is InChI=1S/C18H28N2O4/c1-4-6-7-14(5-2)11-19-20-18(22)13-24-16-9-8-15(12-21)10-17(16)23-3/h8-11,14,21H,4-7,12-13H2,1-3H3,(H,20,22). The van der Waals surface area contributed by atoms with Crippen LogP contribution < -0.4 is 14.9 Å². The van der Waals surface area contributed by atoms with E-state index in [1.807, 2.05) is 0 Å². The molecule has 0 spiro atoms. The van der Waals surface area contributed by atoms with Crippen molar-refractivity contribution < 1.29 is 19.4 Å². The first-order valence-electron chi connectivity index (χ1n) is 8.37. The maximum atomic E-state index is 11.8. The van der Waals surface area contributed by atoms with Crippen molar-refractivity contribution in [3.8, 4) is 11.5 Å². The lowest BCUT2D eigenvalue weighted by atomic mass is 10.0. The molecule has 6 nitrogen and oxygen atoms in total. The van der Waals surface area contributed by atoms with E-state index in [9.17, 15) is 4.79 Å². The number of aliphatic hydroxyl groups excluding tert-OH is 1. The number of aliphatic hydroxyl groups is 1. The molecule has 1 atom stereocenters. The van der Waals surface area contributed by atoms with E-state index in [1.54, 1.807) is 24.4 Å². The molecule has 0 saturated carbocycles. The highest BCUT2D eigenvalue weighted by Gasteiger charge is 2.08. The minimum absolute atomic E-state index is 0.0809. The highest BCUT2D eigenvalue weighted by atomic mass is 16.5. The number of hydrazone groups is 1. The normalized spacial score (nSPS) is 12.2. The summed E-state index contributed by atoms with van der Waals surface area (Å²) in [5.41, 5.74) is 3.19. The molecule has 0 aromatic heterocycles. The minimum atomic E-state index is -0.329. The molecule has 1 amide bonds. The number of rotatable bonds is 11. The van der Waals surface area contributed by atoms with Gasteiger partial charge in [0.15, 0.2) is 18.1 Å². The summed E-state index contributed by atoms with van der Waals surface area (Å²) in [6.45, 7) is 4.03. The lowest BCUT2D eigenvalue weighted by molar-refractivity contribution is -0.123. The van der Waals surface area contributed by atoms with Gasteiger partial charge in [0.25, 0.3) is 5.91 Å². The van der Waals surface area contributed by atoms with Gasteiger partial charge >= 0.3 is 0 Å². The first-order valence-corrected chi connectivity index (χ1v) is 8.37. The summed E-state index contributed by atoms with van der Waals surface area (Å²) in [7, 11) is 1.51. The zero-order valence-corrected chi connectivity index (χ0v) is 14.7. The van der Waals surface area contributed by atoms with Crippen molar-refractivity contribution in [2.45, 2.75) is 46.1 Å². The van der Waals surface area contributed by atoms with Crippen molar-refractivity contribution in [3.63, 3.8) is 0 Å². The fourth-order valence-electron chi connectivity index (χ4n) is 2.17. The van der Waals surface area contributed by atoms with Crippen LogP contribution in [0.4, 0.5) is 0 Å². The van der Waals surface area contributed by atoms with Gasteiger partial charge in [-0.25, -0.2) is 5.43 Å². The predicted molar refractivity (Wildman–Crippen MR) is 94.4 cm³/mol. The summed E-state index contributed by atoms with van der Waals surface area (Å²) < 4.78 is 10.6. The Labute approximate surface area is 143 Å². The van der Waals surface area contributed by atoms with Gasteiger partial charge in [-0.3, -0.25) is 4.79 Å². The molecule has 1 aromatic carbocycles. The fraction of sp³-hybridized carbons (Fsp3) is 0.556. The summed E-state index contributed by atoms with van der Waals surface area (Å²) in [5.74, 6) is 0.980. The van der Waals surface area contributed by atoms with E-state index in [-0.39, 0.29) is 19.1 Å². The van der Waals surface area contributed by atoms with Crippen LogP contribution in [-0.4, -0.2) is 30.9 Å². The minimum Gasteiger partial charge on any atom is -0.493 e. The SMILES string of the molecule is CCCCC(C=NNC(=O)COc1ccc(CO)cc1OC)CC. The van der Waals surface area contributed by atoms with Gasteiger partial charge in [0.1, 0.15) is 0 Å². The number of carbonyl (C=O) groups excluding carboxylic acids is 1. The smallest absolute Gasteiger partial charge is 0.277 e. The highest BCUT2D eigenvalue weighted by Crippen LogP contribution is 2.27. The Kier molecular flexibility index (Phi) is 9.53. The van der Waals surface area contributed by atoms with Crippen LogP contribution in [0, 0.1) is 5.92 Å². The van der Waals surface area contributed by atoms with Crippen molar-refractivity contribution in [1.82, 2.24) is 5.43 Å². The molecule has 0 aliphatic heterocycles. The Balaban J connectivity index is 2.46. The molecule has 1 aromatic rings. The molecular formula is C18H28N2O4. The zero-order valence-electron chi connectivity index (χ0n) is 14.7. The number of carbonyl (C=O) groups is 1. The van der Waals surface area contributed by atoms with E-state index in [2.05, 4.69) is 24.4 Å². The van der Waals surface area contributed by atoms with Gasteiger partial charge in [-0.15, -0.1) is 0 Å². The average molecular weight is 336 g/mol. The van der Waals surface area contributed by atoms with Crippen LogP contribution >= 0.6 is 0 Å². The fourth-order valence-corrected chi connectivity index (χ4v) is 2.17. The lowest BCUT2D eigenvalue weighted by Crippen LogP contribution is -2.25. The molecule has 1 unspecified atom stereocenters. The molecule has 24 heavy (non-hydrogen) atoms. The summed E-state index contributed by atoms with van der Waals surface area (Å²) in [5, 5.41) is 13.1. The Hall–Kier alpha value is -2.08. The molecule has 0 saturated heterocycles. The van der Waals surface area contributed by atoms with Gasteiger partial charge in [0.05, 0.1) is 13.7 Å². The maximum Gasteiger partial charge on any atom is 0.277 e. The number of ether oxygens (including phenoxy) is 2. The Morgan fingerprint density at radius 1 is 1.38 bits per heavy atom. The van der Waals surface area contributed by atoms with Crippen LogP contribution in [0.2, 0.25) is 0 Å². The number of nitrogens with one attached hydrogen (secondary N) is 1. The van der Waals surface area contributed by atoms with Crippen LogP contribution in [-0.2, 0) is 11.4 Å². The van der Waals surface area contributed by atoms with Gasteiger partial charge in [0, 0.05) is 6.21 Å². The van der Waals surface area contributed by atoms with Crippen LogP contribution in [0.5, 0.6) is 11.5 Å². The van der Waals surface area contributed by atoms with Gasteiger partial charge < -0.3 is 14.6 Å². The number of methoxy groups -OCH3 is 1. The van der Waals surface area contributed by atoms with E-state index in [4.69, 9.17) is 14.6 Å². The van der Waals surface area contributed by atoms with Crippen molar-refractivity contribution in [2.24, 2.45) is 11.0 Å². The Bertz CT molecular complexity index is 532. The van der Waals surface area contributed by atoms with E-state index < -0.39 is 0 Å². The molecule has 0 bridgehead atoms. The second-order valence-corrected chi connectivity index (χ2v) is 5.56. The predicted octanol–water partition coefficient (Wildman–Crippen LogP) is 2.88. The third-order valence-electron chi connectivity index (χ3n) is 3.70. The van der Waals surface area contributed by atoms with Crippen LogP contribution in [0.1, 0.15) is 45.1 Å². The monoisotopic (exact) mass is 336 g/mol. The Morgan fingerprint density at radius 3 is 2.79 bits per heavy atom. The molecule has 0 radical (unpaired) electrons. The Morgan fingerprint density at radius 2 is 2.17 bits per heavy atom.